The largest absolute Gasteiger partial charge is 0.465 e. The van der Waals surface area contributed by atoms with Crippen molar-refractivity contribution in [3.63, 3.8) is 0 Å². The Labute approximate surface area is 111 Å². The molecule has 0 bridgehead atoms. The number of hydrogen-bond donors (Lipinski definition) is 2. The molecule has 0 saturated carbocycles. The van der Waals surface area contributed by atoms with E-state index in [0.29, 0.717) is 16.5 Å². The van der Waals surface area contributed by atoms with Crippen LogP contribution in [-0.4, -0.2) is 30.6 Å². The topological polar surface area (TPSA) is 64.3 Å². The molecule has 1 aromatic rings. The molecule has 1 atom stereocenters. The molecule has 3 N–H and O–H groups in total. The molecule has 1 saturated heterocycles. The van der Waals surface area contributed by atoms with E-state index in [0.717, 1.165) is 12.2 Å². The minimum Gasteiger partial charge on any atom is -0.465 e. The summed E-state index contributed by atoms with van der Waals surface area (Å²) < 4.78 is 4.65. The molecule has 1 aromatic carbocycles. The molecule has 1 aliphatic heterocycles. The van der Waals surface area contributed by atoms with Crippen LogP contribution in [0.4, 0.5) is 11.4 Å². The van der Waals surface area contributed by atoms with Gasteiger partial charge in [-0.15, -0.1) is 0 Å². The molecule has 0 spiro atoms. The summed E-state index contributed by atoms with van der Waals surface area (Å²) in [5, 5.41) is 4.01. The summed E-state index contributed by atoms with van der Waals surface area (Å²) in [4.78, 5) is 11.3. The summed E-state index contributed by atoms with van der Waals surface area (Å²) in [7, 11) is 1.36. The Morgan fingerprint density at radius 2 is 2.44 bits per heavy atom. The maximum absolute atomic E-state index is 11.3. The van der Waals surface area contributed by atoms with Gasteiger partial charge in [-0.25, -0.2) is 4.79 Å². The van der Waals surface area contributed by atoms with Crippen LogP contribution in [0.3, 0.4) is 0 Å². The molecule has 1 unspecified atom stereocenters. The Kier molecular flexibility index (Phi) is 4.36. The van der Waals surface area contributed by atoms with Crippen LogP contribution in [0.1, 0.15) is 23.2 Å². The number of thioether (sulfide) groups is 1. The molecule has 1 heterocycles. The maximum Gasteiger partial charge on any atom is 0.337 e. The highest BCUT2D eigenvalue weighted by atomic mass is 32.2. The highest BCUT2D eigenvalue weighted by Gasteiger charge is 2.15. The highest BCUT2D eigenvalue weighted by Crippen LogP contribution is 2.27. The Bertz CT molecular complexity index is 431. The Morgan fingerprint density at radius 3 is 3.06 bits per heavy atom. The summed E-state index contributed by atoms with van der Waals surface area (Å²) in [6.07, 6.45) is 2.56. The van der Waals surface area contributed by atoms with Crippen LogP contribution in [-0.2, 0) is 4.74 Å². The van der Waals surface area contributed by atoms with Crippen LogP contribution in [0.25, 0.3) is 0 Å². The molecular formula is C13H18N2O2S. The van der Waals surface area contributed by atoms with E-state index in [1.54, 1.807) is 12.1 Å². The van der Waals surface area contributed by atoms with Gasteiger partial charge >= 0.3 is 5.97 Å². The number of nitrogens with one attached hydrogen (secondary N) is 1. The van der Waals surface area contributed by atoms with Gasteiger partial charge in [0.05, 0.1) is 24.0 Å². The second kappa shape index (κ2) is 6.00. The fraction of sp³-hybridized carbons (Fsp3) is 0.462. The fourth-order valence-electron chi connectivity index (χ4n) is 2.00. The zero-order valence-corrected chi connectivity index (χ0v) is 11.3. The zero-order chi connectivity index (χ0) is 13.0. The molecule has 2 rings (SSSR count). The maximum atomic E-state index is 11.3. The first-order chi connectivity index (χ1) is 8.70. The van der Waals surface area contributed by atoms with E-state index in [9.17, 15) is 4.79 Å². The van der Waals surface area contributed by atoms with Gasteiger partial charge in [0.1, 0.15) is 0 Å². The highest BCUT2D eigenvalue weighted by molar-refractivity contribution is 8.00. The minimum absolute atomic E-state index is 0.361. The predicted molar refractivity (Wildman–Crippen MR) is 76.2 cm³/mol. The number of carbonyl (C=O) groups excluding carboxylic acids is 1. The lowest BCUT2D eigenvalue weighted by Gasteiger charge is -2.13. The van der Waals surface area contributed by atoms with E-state index < -0.39 is 0 Å². The van der Waals surface area contributed by atoms with E-state index in [-0.39, 0.29) is 5.97 Å². The fourth-order valence-corrected chi connectivity index (χ4v) is 3.20. The van der Waals surface area contributed by atoms with Crippen molar-refractivity contribution >= 4 is 29.1 Å². The van der Waals surface area contributed by atoms with Crippen molar-refractivity contribution in [3.8, 4) is 0 Å². The summed E-state index contributed by atoms with van der Waals surface area (Å²) in [5.41, 5.74) is 7.87. The number of nitrogens with two attached hydrogens (primary N) is 1. The van der Waals surface area contributed by atoms with E-state index in [4.69, 9.17) is 5.73 Å². The van der Waals surface area contributed by atoms with Crippen molar-refractivity contribution in [1.82, 2.24) is 0 Å². The van der Waals surface area contributed by atoms with Crippen LogP contribution in [0.15, 0.2) is 18.2 Å². The number of methoxy groups -OCH3 is 1. The molecule has 4 nitrogen and oxygen atoms in total. The third kappa shape index (κ3) is 3.10. The number of nitrogen functional groups attached to an aromatic ring is 1. The second-order valence-electron chi connectivity index (χ2n) is 4.31. The standard InChI is InChI=1S/C13H18N2O2S/c1-17-13(16)9-4-5-12(11(14)7-9)15-8-10-3-2-6-18-10/h4-5,7,10,15H,2-3,6,8,14H2,1H3. The number of anilines is 2. The molecule has 1 fully saturated rings. The summed E-state index contributed by atoms with van der Waals surface area (Å²) >= 11 is 2.00. The first-order valence-electron chi connectivity index (χ1n) is 6.04. The van der Waals surface area contributed by atoms with Crippen LogP contribution in [0.2, 0.25) is 0 Å². The van der Waals surface area contributed by atoms with Gasteiger partial charge in [-0.3, -0.25) is 0 Å². The lowest BCUT2D eigenvalue weighted by atomic mass is 10.1. The lowest BCUT2D eigenvalue weighted by molar-refractivity contribution is 0.0601. The molecule has 5 heteroatoms. The first-order valence-corrected chi connectivity index (χ1v) is 7.09. The second-order valence-corrected chi connectivity index (χ2v) is 5.72. The van der Waals surface area contributed by atoms with Crippen molar-refractivity contribution in [2.45, 2.75) is 18.1 Å². The molecule has 0 aromatic heterocycles. The third-order valence-electron chi connectivity index (χ3n) is 3.02. The predicted octanol–water partition coefficient (Wildman–Crippen LogP) is 2.36. The average Bonchev–Trinajstić information content (AvgIpc) is 2.89. The van der Waals surface area contributed by atoms with Crippen molar-refractivity contribution in [2.75, 3.05) is 30.5 Å². The van der Waals surface area contributed by atoms with E-state index in [2.05, 4.69) is 10.1 Å². The van der Waals surface area contributed by atoms with Gasteiger partial charge in [0.15, 0.2) is 0 Å². The summed E-state index contributed by atoms with van der Waals surface area (Å²) in [6, 6.07) is 5.21. The molecule has 1 aliphatic rings. The zero-order valence-electron chi connectivity index (χ0n) is 10.4. The molecular weight excluding hydrogens is 248 g/mol. The quantitative estimate of drug-likeness (QED) is 0.647. The smallest absolute Gasteiger partial charge is 0.337 e. The van der Waals surface area contributed by atoms with Gasteiger partial charge in [0.2, 0.25) is 0 Å². The van der Waals surface area contributed by atoms with Crippen LogP contribution < -0.4 is 11.1 Å². The van der Waals surface area contributed by atoms with Crippen molar-refractivity contribution in [1.29, 1.82) is 0 Å². The summed E-state index contributed by atoms with van der Waals surface area (Å²) in [6.45, 7) is 0.923. The lowest BCUT2D eigenvalue weighted by Crippen LogP contribution is -2.14. The van der Waals surface area contributed by atoms with Crippen LogP contribution in [0, 0.1) is 0 Å². The monoisotopic (exact) mass is 266 g/mol. The van der Waals surface area contributed by atoms with Crippen molar-refractivity contribution in [3.05, 3.63) is 23.8 Å². The van der Waals surface area contributed by atoms with E-state index in [1.807, 2.05) is 17.8 Å². The van der Waals surface area contributed by atoms with E-state index in [1.165, 1.54) is 25.7 Å². The number of esters is 1. The van der Waals surface area contributed by atoms with Crippen LogP contribution >= 0.6 is 11.8 Å². The minimum atomic E-state index is -0.361. The van der Waals surface area contributed by atoms with Gasteiger partial charge in [-0.1, -0.05) is 0 Å². The molecule has 98 valence electrons. The number of hydrogen-bond acceptors (Lipinski definition) is 5. The number of ether oxygens (including phenoxy) is 1. The number of benzene rings is 1. The molecule has 0 aliphatic carbocycles. The Hall–Kier alpha value is -1.36. The molecule has 0 radical (unpaired) electrons. The molecule has 18 heavy (non-hydrogen) atoms. The normalized spacial score (nSPS) is 18.6. The third-order valence-corrected chi connectivity index (χ3v) is 4.41. The Morgan fingerprint density at radius 1 is 1.61 bits per heavy atom. The number of rotatable bonds is 4. The average molecular weight is 266 g/mol. The van der Waals surface area contributed by atoms with Gasteiger partial charge in [-0.2, -0.15) is 11.8 Å². The molecule has 0 amide bonds. The van der Waals surface area contributed by atoms with Gasteiger partial charge in [0, 0.05) is 11.8 Å². The van der Waals surface area contributed by atoms with Gasteiger partial charge in [0.25, 0.3) is 0 Å². The number of carbonyl (C=O) groups is 1. The van der Waals surface area contributed by atoms with Crippen molar-refractivity contribution in [2.24, 2.45) is 0 Å². The first kappa shape index (κ1) is 13.1. The van der Waals surface area contributed by atoms with Crippen LogP contribution in [0.5, 0.6) is 0 Å². The van der Waals surface area contributed by atoms with E-state index >= 15 is 0 Å². The SMILES string of the molecule is COC(=O)c1ccc(NCC2CCCS2)c(N)c1. The van der Waals surface area contributed by atoms with Crippen molar-refractivity contribution < 1.29 is 9.53 Å². The van der Waals surface area contributed by atoms with Gasteiger partial charge < -0.3 is 15.8 Å². The Balaban J connectivity index is 1.98. The van der Waals surface area contributed by atoms with Gasteiger partial charge in [-0.05, 0) is 36.8 Å². The summed E-state index contributed by atoms with van der Waals surface area (Å²) in [5.74, 6) is 0.892.